The van der Waals surface area contributed by atoms with Crippen LogP contribution in [0.3, 0.4) is 0 Å². The molecule has 0 aliphatic carbocycles. The Labute approximate surface area is 111 Å². The molecule has 1 fully saturated rings. The van der Waals surface area contributed by atoms with Gasteiger partial charge in [-0.15, -0.1) is 0 Å². The topological polar surface area (TPSA) is 26.0 Å². The molecule has 18 heavy (non-hydrogen) atoms. The van der Waals surface area contributed by atoms with Crippen molar-refractivity contribution in [2.75, 3.05) is 11.5 Å². The van der Waals surface area contributed by atoms with E-state index in [4.69, 9.17) is 5.73 Å². The highest BCUT2D eigenvalue weighted by Gasteiger charge is 2.17. The monoisotopic (exact) mass is 271 g/mol. The lowest BCUT2D eigenvalue weighted by molar-refractivity contribution is 0.405. The van der Waals surface area contributed by atoms with Gasteiger partial charge in [0.25, 0.3) is 0 Å². The van der Waals surface area contributed by atoms with Crippen LogP contribution in [0.5, 0.6) is 0 Å². The quantitative estimate of drug-likeness (QED) is 0.908. The van der Waals surface area contributed by atoms with Crippen LogP contribution in [0.1, 0.15) is 24.8 Å². The summed E-state index contributed by atoms with van der Waals surface area (Å²) in [5, 5.41) is 0. The average molecular weight is 271 g/mol. The molecule has 0 saturated carbocycles. The van der Waals surface area contributed by atoms with E-state index in [0.717, 1.165) is 12.5 Å². The molecule has 1 atom stereocenters. The second-order valence-electron chi connectivity index (χ2n) is 5.03. The van der Waals surface area contributed by atoms with Gasteiger partial charge >= 0.3 is 0 Å². The number of rotatable bonds is 4. The van der Waals surface area contributed by atoms with Gasteiger partial charge < -0.3 is 5.73 Å². The molecule has 0 amide bonds. The van der Waals surface area contributed by atoms with E-state index in [1.807, 2.05) is 11.8 Å². The summed E-state index contributed by atoms with van der Waals surface area (Å²) < 4.78 is 26.1. The third-order valence-electron chi connectivity index (χ3n) is 3.40. The predicted molar refractivity (Wildman–Crippen MR) is 72.7 cm³/mol. The molecule has 0 radical (unpaired) electrons. The summed E-state index contributed by atoms with van der Waals surface area (Å²) in [4.78, 5) is 0. The third kappa shape index (κ3) is 4.25. The fraction of sp³-hybridized carbons (Fsp3) is 0.571. The molecular weight excluding hydrogens is 252 g/mol. The summed E-state index contributed by atoms with van der Waals surface area (Å²) in [6.45, 7) is 0. The summed E-state index contributed by atoms with van der Waals surface area (Å²) in [7, 11) is 0. The molecule has 1 saturated heterocycles. The lowest BCUT2D eigenvalue weighted by Crippen LogP contribution is -2.27. The van der Waals surface area contributed by atoms with E-state index in [-0.39, 0.29) is 6.04 Å². The van der Waals surface area contributed by atoms with Gasteiger partial charge in [0.2, 0.25) is 0 Å². The number of nitrogens with two attached hydrogens (primary N) is 1. The first-order valence-corrected chi connectivity index (χ1v) is 7.57. The van der Waals surface area contributed by atoms with E-state index in [1.165, 1.54) is 36.5 Å². The molecule has 100 valence electrons. The lowest BCUT2D eigenvalue weighted by Gasteiger charge is -2.24. The summed E-state index contributed by atoms with van der Waals surface area (Å²) >= 11 is 1.99. The first-order valence-electron chi connectivity index (χ1n) is 6.42. The number of halogens is 2. The Kier molecular flexibility index (Phi) is 5.01. The number of hydrogen-bond acceptors (Lipinski definition) is 2. The van der Waals surface area contributed by atoms with Gasteiger partial charge in [0, 0.05) is 12.1 Å². The van der Waals surface area contributed by atoms with Crippen molar-refractivity contribution in [1.29, 1.82) is 0 Å². The molecular formula is C14H19F2NS. The smallest absolute Gasteiger partial charge is 0.126 e. The molecule has 1 unspecified atom stereocenters. The van der Waals surface area contributed by atoms with Gasteiger partial charge in [-0.2, -0.15) is 11.8 Å². The maximum absolute atomic E-state index is 13.1. The SMILES string of the molecule is NC(Cc1cc(F)cc(F)c1)CC1CCSCC1. The highest BCUT2D eigenvalue weighted by Crippen LogP contribution is 2.26. The van der Waals surface area contributed by atoms with Gasteiger partial charge in [-0.25, -0.2) is 8.78 Å². The Bertz CT molecular complexity index is 371. The molecule has 2 N–H and O–H groups in total. The van der Waals surface area contributed by atoms with Gasteiger partial charge in [-0.05, 0) is 60.8 Å². The summed E-state index contributed by atoms with van der Waals surface area (Å²) in [5.41, 5.74) is 6.74. The van der Waals surface area contributed by atoms with Crippen molar-refractivity contribution < 1.29 is 8.78 Å². The molecule has 1 heterocycles. The van der Waals surface area contributed by atoms with Crippen molar-refractivity contribution in [2.24, 2.45) is 11.7 Å². The highest BCUT2D eigenvalue weighted by atomic mass is 32.2. The minimum Gasteiger partial charge on any atom is -0.327 e. The van der Waals surface area contributed by atoms with Gasteiger partial charge in [-0.3, -0.25) is 0 Å². The Morgan fingerprint density at radius 1 is 1.17 bits per heavy atom. The third-order valence-corrected chi connectivity index (χ3v) is 4.45. The molecule has 1 aromatic carbocycles. The van der Waals surface area contributed by atoms with E-state index in [0.29, 0.717) is 17.9 Å². The van der Waals surface area contributed by atoms with Crippen LogP contribution in [0, 0.1) is 17.6 Å². The van der Waals surface area contributed by atoms with Crippen LogP contribution in [-0.4, -0.2) is 17.5 Å². The minimum absolute atomic E-state index is 0.000648. The summed E-state index contributed by atoms with van der Waals surface area (Å²) in [6.07, 6.45) is 3.95. The van der Waals surface area contributed by atoms with Crippen molar-refractivity contribution in [1.82, 2.24) is 0 Å². The average Bonchev–Trinajstić information content (AvgIpc) is 2.28. The molecule has 4 heteroatoms. The maximum atomic E-state index is 13.1. The van der Waals surface area contributed by atoms with Crippen LogP contribution in [0.2, 0.25) is 0 Å². The first-order chi connectivity index (χ1) is 8.63. The normalized spacial score (nSPS) is 18.8. The Hall–Kier alpha value is -0.610. The van der Waals surface area contributed by atoms with Crippen LogP contribution in [0.25, 0.3) is 0 Å². The fourth-order valence-corrected chi connectivity index (χ4v) is 3.73. The van der Waals surface area contributed by atoms with E-state index in [1.54, 1.807) is 0 Å². The highest BCUT2D eigenvalue weighted by molar-refractivity contribution is 7.99. The zero-order valence-electron chi connectivity index (χ0n) is 10.4. The lowest BCUT2D eigenvalue weighted by atomic mass is 9.91. The van der Waals surface area contributed by atoms with Crippen LogP contribution in [0.15, 0.2) is 18.2 Å². The minimum atomic E-state index is -0.522. The Morgan fingerprint density at radius 2 is 1.78 bits per heavy atom. The molecule has 1 nitrogen and oxygen atoms in total. The van der Waals surface area contributed by atoms with E-state index >= 15 is 0 Å². The van der Waals surface area contributed by atoms with Crippen LogP contribution in [0.4, 0.5) is 8.78 Å². The molecule has 1 aromatic rings. The second kappa shape index (κ2) is 6.53. The number of benzene rings is 1. The number of thioether (sulfide) groups is 1. The van der Waals surface area contributed by atoms with Crippen molar-refractivity contribution in [3.05, 3.63) is 35.4 Å². The van der Waals surface area contributed by atoms with Gasteiger partial charge in [0.15, 0.2) is 0 Å². The van der Waals surface area contributed by atoms with Crippen molar-refractivity contribution in [3.63, 3.8) is 0 Å². The van der Waals surface area contributed by atoms with E-state index in [9.17, 15) is 8.78 Å². The zero-order valence-corrected chi connectivity index (χ0v) is 11.2. The second-order valence-corrected chi connectivity index (χ2v) is 6.26. The van der Waals surface area contributed by atoms with Gasteiger partial charge in [-0.1, -0.05) is 0 Å². The number of hydrogen-bond donors (Lipinski definition) is 1. The molecule has 1 aliphatic rings. The van der Waals surface area contributed by atoms with Crippen molar-refractivity contribution >= 4 is 11.8 Å². The Balaban J connectivity index is 1.87. The van der Waals surface area contributed by atoms with Crippen LogP contribution < -0.4 is 5.73 Å². The van der Waals surface area contributed by atoms with Gasteiger partial charge in [0.1, 0.15) is 11.6 Å². The maximum Gasteiger partial charge on any atom is 0.126 e. The van der Waals surface area contributed by atoms with Crippen LogP contribution >= 0.6 is 11.8 Å². The van der Waals surface area contributed by atoms with Crippen molar-refractivity contribution in [3.8, 4) is 0 Å². The summed E-state index contributed by atoms with van der Waals surface area (Å²) in [6, 6.07) is 3.64. The van der Waals surface area contributed by atoms with E-state index < -0.39 is 11.6 Å². The van der Waals surface area contributed by atoms with E-state index in [2.05, 4.69) is 0 Å². The molecule has 0 aromatic heterocycles. The van der Waals surface area contributed by atoms with Crippen molar-refractivity contribution in [2.45, 2.75) is 31.7 Å². The summed E-state index contributed by atoms with van der Waals surface area (Å²) in [5.74, 6) is 2.06. The van der Waals surface area contributed by atoms with Crippen LogP contribution in [-0.2, 0) is 6.42 Å². The zero-order chi connectivity index (χ0) is 13.0. The standard InChI is InChI=1S/C14H19F2NS/c15-12-5-11(6-13(16)9-12)8-14(17)7-10-1-3-18-4-2-10/h5-6,9-10,14H,1-4,7-8,17H2. The molecule has 0 bridgehead atoms. The molecule has 2 rings (SSSR count). The first kappa shape index (κ1) is 13.8. The molecule has 0 spiro atoms. The predicted octanol–water partition coefficient (Wildman–Crippen LogP) is 3.37. The largest absolute Gasteiger partial charge is 0.327 e. The fourth-order valence-electron chi connectivity index (χ4n) is 2.53. The Morgan fingerprint density at radius 3 is 2.39 bits per heavy atom. The van der Waals surface area contributed by atoms with Gasteiger partial charge in [0.05, 0.1) is 0 Å². The molecule has 1 aliphatic heterocycles.